The number of nitrogens with one attached hydrogen (secondary N) is 1. The maximum Gasteiger partial charge on any atom is 0.257 e. The van der Waals surface area contributed by atoms with Gasteiger partial charge in [0.1, 0.15) is 53.8 Å². The van der Waals surface area contributed by atoms with Crippen LogP contribution < -0.4 is 5.32 Å². The molecule has 3 amide bonds. The fourth-order valence-electron chi connectivity index (χ4n) is 12.4. The molecular weight excluding hydrogens is 1360 g/mol. The molecule has 0 spiro atoms. The van der Waals surface area contributed by atoms with Crippen LogP contribution in [0, 0.1) is 18.3 Å². The second-order valence-corrected chi connectivity index (χ2v) is 25.7. The second-order valence-electron chi connectivity index (χ2n) is 24.6. The van der Waals surface area contributed by atoms with Crippen molar-refractivity contribution in [2.45, 2.75) is 51.9 Å². The Bertz CT molecular complexity index is 5140. The number of terminal acetylenes is 1. The number of amides is 3. The Morgan fingerprint density at radius 1 is 0.490 bits per heavy atom. The monoisotopic (exact) mass is 1420 g/mol. The van der Waals surface area contributed by atoms with Crippen molar-refractivity contribution in [1.82, 2.24) is 84.9 Å². The third-order valence-corrected chi connectivity index (χ3v) is 18.5. The van der Waals surface area contributed by atoms with Crippen LogP contribution in [0.1, 0.15) is 25.3 Å². The summed E-state index contributed by atoms with van der Waals surface area (Å²) in [6.45, 7) is 3.79. The first-order valence-electron chi connectivity index (χ1n) is 33.0. The summed E-state index contributed by atoms with van der Waals surface area (Å²) in [7, 11) is 0. The zero-order valence-corrected chi connectivity index (χ0v) is 57.5. The van der Waals surface area contributed by atoms with Crippen molar-refractivity contribution in [3.05, 3.63) is 227 Å². The first-order valence-corrected chi connectivity index (χ1v) is 34.2. The molecule has 0 bridgehead atoms. The van der Waals surface area contributed by atoms with Crippen molar-refractivity contribution in [3.8, 4) is 79.9 Å². The van der Waals surface area contributed by atoms with E-state index in [4.69, 9.17) is 56.5 Å². The van der Waals surface area contributed by atoms with Crippen LogP contribution in [-0.4, -0.2) is 149 Å². The summed E-state index contributed by atoms with van der Waals surface area (Å²) in [5.74, 6) is -0.281. The van der Waals surface area contributed by atoms with Gasteiger partial charge in [0.05, 0.1) is 37.8 Å². The Morgan fingerprint density at radius 2 is 0.863 bits per heavy atom. The summed E-state index contributed by atoms with van der Waals surface area (Å²) >= 11 is 20.6. The molecular formula is C77H66Cl3F2N17O3. The minimum atomic E-state index is -2.76. The maximum absolute atomic E-state index is 13.4. The second kappa shape index (κ2) is 31.5. The van der Waals surface area contributed by atoms with E-state index in [0.717, 1.165) is 58.7 Å². The Balaban J connectivity index is 0.000000137. The van der Waals surface area contributed by atoms with Gasteiger partial charge in [-0.25, -0.2) is 22.8 Å². The van der Waals surface area contributed by atoms with E-state index in [1.807, 2.05) is 199 Å². The van der Waals surface area contributed by atoms with E-state index in [1.54, 1.807) is 31.6 Å². The van der Waals surface area contributed by atoms with Gasteiger partial charge in [0.25, 0.3) is 5.92 Å². The molecule has 2 aliphatic heterocycles. The van der Waals surface area contributed by atoms with Gasteiger partial charge in [-0.15, -0.1) is 42.9 Å². The molecule has 2 aliphatic rings. The number of hydrogen-bond acceptors (Lipinski definition) is 14. The zero-order valence-electron chi connectivity index (χ0n) is 55.2. The number of piperidine rings is 1. The average Bonchev–Trinajstić information content (AvgIpc) is 1.60. The third-order valence-electron chi connectivity index (χ3n) is 17.4. The molecule has 13 aromatic rings. The third kappa shape index (κ3) is 15.8. The van der Waals surface area contributed by atoms with Gasteiger partial charge < -0.3 is 15.1 Å². The van der Waals surface area contributed by atoms with Gasteiger partial charge in [-0.2, -0.15) is 15.3 Å². The van der Waals surface area contributed by atoms with Gasteiger partial charge in [-0.1, -0.05) is 223 Å². The quantitative estimate of drug-likeness (QED) is 0.0891. The molecule has 6 aromatic carbocycles. The number of halogens is 5. The van der Waals surface area contributed by atoms with E-state index in [0.29, 0.717) is 128 Å². The van der Waals surface area contributed by atoms with Crippen LogP contribution >= 0.6 is 34.8 Å². The van der Waals surface area contributed by atoms with Gasteiger partial charge >= 0.3 is 0 Å². The zero-order chi connectivity index (χ0) is 70.7. The highest BCUT2D eigenvalue weighted by atomic mass is 35.5. The summed E-state index contributed by atoms with van der Waals surface area (Å²) < 4.78 is 31.4. The van der Waals surface area contributed by atoms with Crippen LogP contribution in [0.2, 0.25) is 15.1 Å². The highest BCUT2D eigenvalue weighted by molar-refractivity contribution is 6.40. The molecule has 2 fully saturated rings. The van der Waals surface area contributed by atoms with Crippen LogP contribution in [0.15, 0.2) is 207 Å². The fourth-order valence-corrected chi connectivity index (χ4v) is 13.3. The molecule has 0 aliphatic carbocycles. The summed E-state index contributed by atoms with van der Waals surface area (Å²) in [6.07, 6.45) is 10.9. The lowest BCUT2D eigenvalue weighted by Gasteiger charge is -2.35. The summed E-state index contributed by atoms with van der Waals surface area (Å²) in [5, 5.41) is 46.8. The molecule has 25 heteroatoms. The lowest BCUT2D eigenvalue weighted by molar-refractivity contribution is -0.134. The van der Waals surface area contributed by atoms with E-state index in [2.05, 4.69) is 46.8 Å². The highest BCUT2D eigenvalue weighted by Crippen LogP contribution is 2.41. The molecule has 102 heavy (non-hydrogen) atoms. The SMILES string of the molecule is C#CC1CCCN(C(=O)Cn2nc(-c3ccccc3)c3c(Cl)c(-c4ccccc4)nnc32)C1.CC(F)(F)CN1CCN(C(=O)Cn2nc(-c3ccccc3)c3c(Cl)c(-c4ccccc4)nnc32)CC1.O=C(Cn1nc(-c2ccccc2)c2c(Cl)c(-c3ccccc3)nnc21)NCc1cccnc1. The number of carbonyl (C=O) groups excluding carboxylic acids is 3. The van der Waals surface area contributed by atoms with Crippen LogP contribution in [0.5, 0.6) is 0 Å². The Hall–Kier alpha value is -11.2. The van der Waals surface area contributed by atoms with Gasteiger partial charge in [-0.05, 0) is 24.5 Å². The standard InChI is InChI=1S/C26H25ClF2N6O.C26H22ClN5O.C25H19ClN6O/c1-26(28,29)17-33-12-14-34(15-13-33)20(36)16-35-25-21(23(32-35)18-8-4-2-5-9-18)22(27)24(30-31-25)19-10-6-3-7-11-19;1-2-18-10-9-15-31(16-18)21(33)17-32-26-22(24(30-32)19-11-5-3-6-12-19)23(27)25(28-29-26)20-13-7-4-8-14-20;26-22-21-23(18-9-3-1-4-10-18)31-32(16-20(33)28-15-17-8-7-13-27-14-17)25(21)30-29-24(22)19-11-5-2-6-12-19/h2-11H,12-17H2,1H3;1,3-8,11-14,18H,9-10,15-17H2;1-14H,15-16H2,(H,28,33). The van der Waals surface area contributed by atoms with Gasteiger partial charge in [0, 0.05) is 104 Å². The molecule has 512 valence electrons. The predicted octanol–water partition coefficient (Wildman–Crippen LogP) is 13.8. The first kappa shape index (κ1) is 69.3. The first-order chi connectivity index (χ1) is 49.7. The molecule has 9 heterocycles. The van der Waals surface area contributed by atoms with Crippen molar-refractivity contribution < 1.29 is 23.2 Å². The van der Waals surface area contributed by atoms with Gasteiger partial charge in [0.15, 0.2) is 16.9 Å². The fraction of sp³-hybridized carbons (Fsp3) is 0.208. The van der Waals surface area contributed by atoms with Crippen molar-refractivity contribution in [2.24, 2.45) is 5.92 Å². The van der Waals surface area contributed by atoms with Crippen molar-refractivity contribution in [1.29, 1.82) is 0 Å². The minimum Gasteiger partial charge on any atom is -0.350 e. The van der Waals surface area contributed by atoms with E-state index >= 15 is 0 Å². The smallest absolute Gasteiger partial charge is 0.257 e. The number of benzene rings is 6. The number of fused-ring (bicyclic) bond motifs is 3. The molecule has 0 saturated carbocycles. The summed E-state index contributed by atoms with van der Waals surface area (Å²) in [6, 6.07) is 61.6. The Kier molecular flexibility index (Phi) is 21.4. The Labute approximate surface area is 600 Å². The molecule has 2 saturated heterocycles. The molecule has 20 nitrogen and oxygen atoms in total. The molecule has 1 atom stereocenters. The minimum absolute atomic E-state index is 0.0146. The van der Waals surface area contributed by atoms with Crippen molar-refractivity contribution >= 4 is 85.6 Å². The normalized spacial score (nSPS) is 14.0. The molecule has 7 aromatic heterocycles. The van der Waals surface area contributed by atoms with E-state index in [9.17, 15) is 23.2 Å². The number of likely N-dealkylation sites (tertiary alicyclic amines) is 1. The van der Waals surface area contributed by atoms with Crippen LogP contribution in [0.3, 0.4) is 0 Å². The van der Waals surface area contributed by atoms with Crippen LogP contribution in [-0.2, 0) is 40.6 Å². The van der Waals surface area contributed by atoms with Crippen molar-refractivity contribution in [3.63, 3.8) is 0 Å². The van der Waals surface area contributed by atoms with E-state index in [-0.39, 0.29) is 49.8 Å². The van der Waals surface area contributed by atoms with Crippen LogP contribution in [0.4, 0.5) is 8.78 Å². The summed E-state index contributed by atoms with van der Waals surface area (Å²) in [4.78, 5) is 48.2. The number of nitrogens with zero attached hydrogens (tertiary/aromatic N) is 16. The summed E-state index contributed by atoms with van der Waals surface area (Å²) in [5.41, 5.74) is 11.1. The topological polar surface area (TPSA) is 217 Å². The average molecular weight is 1420 g/mol. The number of piperazine rings is 1. The molecule has 15 rings (SSSR count). The number of carbonyl (C=O) groups is 3. The van der Waals surface area contributed by atoms with Crippen molar-refractivity contribution in [2.75, 3.05) is 45.8 Å². The van der Waals surface area contributed by atoms with E-state index in [1.165, 1.54) is 4.68 Å². The lowest BCUT2D eigenvalue weighted by atomic mass is 9.99. The highest BCUT2D eigenvalue weighted by Gasteiger charge is 2.32. The Morgan fingerprint density at radius 3 is 1.23 bits per heavy atom. The molecule has 1 N–H and O–H groups in total. The molecule has 0 radical (unpaired) electrons. The number of aromatic nitrogens is 13. The number of hydrogen-bond donors (Lipinski definition) is 1. The largest absolute Gasteiger partial charge is 0.350 e. The lowest BCUT2D eigenvalue weighted by Crippen LogP contribution is -2.51. The number of pyridine rings is 1. The maximum atomic E-state index is 13.4. The number of alkyl halides is 2. The van der Waals surface area contributed by atoms with Gasteiger partial charge in [-0.3, -0.25) is 24.3 Å². The predicted molar refractivity (Wildman–Crippen MR) is 391 cm³/mol. The number of rotatable bonds is 16. The van der Waals surface area contributed by atoms with E-state index < -0.39 is 5.92 Å². The van der Waals surface area contributed by atoms with Gasteiger partial charge in [0.2, 0.25) is 17.7 Å². The molecule has 1 unspecified atom stereocenters. The van der Waals surface area contributed by atoms with Crippen LogP contribution in [0.25, 0.3) is 101 Å².